The molecule has 252 valence electrons. The number of phenolic OH excluding ortho intramolecular Hbond substituents is 2. The first kappa shape index (κ1) is 34.2. The molecule has 0 atom stereocenters. The van der Waals surface area contributed by atoms with Gasteiger partial charge in [0.05, 0.1) is 11.4 Å². The van der Waals surface area contributed by atoms with E-state index in [9.17, 15) is 10.2 Å². The van der Waals surface area contributed by atoms with Gasteiger partial charge in [0.1, 0.15) is 11.5 Å². The van der Waals surface area contributed by atoms with Crippen LogP contribution in [-0.2, 0) is 28.8 Å². The largest absolute Gasteiger partial charge is 0.507 e. The van der Waals surface area contributed by atoms with Crippen molar-refractivity contribution in [1.29, 1.82) is 0 Å². The Morgan fingerprint density at radius 3 is 1.33 bits per heavy atom. The zero-order valence-corrected chi connectivity index (χ0v) is 30.1. The van der Waals surface area contributed by atoms with E-state index in [2.05, 4.69) is 84.7 Å². The molecule has 0 unspecified atom stereocenters. The van der Waals surface area contributed by atoms with Crippen molar-refractivity contribution in [1.82, 2.24) is 40.4 Å². The van der Waals surface area contributed by atoms with Crippen molar-refractivity contribution in [3.05, 3.63) is 118 Å². The smallest absolute Gasteiger partial charge is 0.214 e. The zero-order chi connectivity index (χ0) is 34.8. The third-order valence-corrected chi connectivity index (χ3v) is 10.1. The molecule has 0 fully saturated rings. The van der Waals surface area contributed by atoms with Crippen molar-refractivity contribution in [2.24, 2.45) is 0 Å². The molecule has 0 saturated carbocycles. The van der Waals surface area contributed by atoms with Crippen LogP contribution in [-0.4, -0.2) is 50.6 Å². The van der Waals surface area contributed by atoms with Gasteiger partial charge >= 0.3 is 0 Å². The molecular formula is C37H40N8O2S2. The summed E-state index contributed by atoms with van der Waals surface area (Å²) in [5.74, 6) is 1.67. The SMILES string of the molecule is CC(C)(C)c1cc(CSc2nnnn2-c2ccccc2)cc(Cc2cc(CSc3nnnn3-c3ccccc3)cc(C(C)(C)C)c2O)c1O. The Labute approximate surface area is 295 Å². The fourth-order valence-electron chi connectivity index (χ4n) is 5.60. The van der Waals surface area contributed by atoms with E-state index in [1.165, 1.54) is 23.5 Å². The summed E-state index contributed by atoms with van der Waals surface area (Å²) in [6.45, 7) is 12.6. The Balaban J connectivity index is 1.31. The third kappa shape index (κ3) is 7.81. The van der Waals surface area contributed by atoms with Crippen LogP contribution in [0.5, 0.6) is 11.5 Å². The van der Waals surface area contributed by atoms with Crippen LogP contribution in [0.1, 0.15) is 74.9 Å². The number of para-hydroxylation sites is 2. The van der Waals surface area contributed by atoms with Crippen LogP contribution in [0.25, 0.3) is 11.4 Å². The van der Waals surface area contributed by atoms with Gasteiger partial charge in [-0.25, -0.2) is 0 Å². The van der Waals surface area contributed by atoms with Gasteiger partial charge in [-0.15, -0.1) is 10.2 Å². The molecule has 10 nitrogen and oxygen atoms in total. The maximum Gasteiger partial charge on any atom is 0.214 e. The summed E-state index contributed by atoms with van der Waals surface area (Å²) in [4.78, 5) is 0. The monoisotopic (exact) mass is 692 g/mol. The van der Waals surface area contributed by atoms with E-state index in [0.717, 1.165) is 44.8 Å². The quantitative estimate of drug-likeness (QED) is 0.137. The fraction of sp³-hybridized carbons (Fsp3) is 0.297. The molecule has 0 saturated heterocycles. The Morgan fingerprint density at radius 2 is 0.959 bits per heavy atom. The average Bonchev–Trinajstić information content (AvgIpc) is 3.75. The maximum absolute atomic E-state index is 11.7. The second-order valence-corrected chi connectivity index (χ2v) is 15.9. The Kier molecular flexibility index (Phi) is 9.80. The highest BCUT2D eigenvalue weighted by molar-refractivity contribution is 7.98. The molecule has 12 heteroatoms. The van der Waals surface area contributed by atoms with Crippen molar-refractivity contribution in [3.63, 3.8) is 0 Å². The van der Waals surface area contributed by atoms with Crippen molar-refractivity contribution in [2.75, 3.05) is 0 Å². The minimum atomic E-state index is -0.315. The number of thioether (sulfide) groups is 2. The topological polar surface area (TPSA) is 128 Å². The number of phenols is 2. The highest BCUT2D eigenvalue weighted by Gasteiger charge is 2.25. The van der Waals surface area contributed by atoms with Gasteiger partial charge in [-0.1, -0.05) is 126 Å². The van der Waals surface area contributed by atoms with Gasteiger partial charge in [0.15, 0.2) is 0 Å². The Hall–Kier alpha value is -4.68. The molecule has 0 aliphatic heterocycles. The zero-order valence-electron chi connectivity index (χ0n) is 28.5. The molecule has 0 radical (unpaired) electrons. The molecule has 2 aromatic heterocycles. The van der Waals surface area contributed by atoms with Crippen molar-refractivity contribution in [3.8, 4) is 22.9 Å². The molecule has 0 spiro atoms. The number of aromatic nitrogens is 8. The van der Waals surface area contributed by atoms with Gasteiger partial charge < -0.3 is 10.2 Å². The number of nitrogens with zero attached hydrogens (tertiary/aromatic N) is 8. The molecular weight excluding hydrogens is 653 g/mol. The van der Waals surface area contributed by atoms with Crippen LogP contribution < -0.4 is 0 Å². The molecule has 0 aliphatic carbocycles. The van der Waals surface area contributed by atoms with Crippen LogP contribution in [0.15, 0.2) is 95.2 Å². The minimum absolute atomic E-state index is 0.244. The molecule has 0 bridgehead atoms. The van der Waals surface area contributed by atoms with Gasteiger partial charge in [0, 0.05) is 17.9 Å². The molecule has 2 N–H and O–H groups in total. The van der Waals surface area contributed by atoms with Crippen molar-refractivity contribution in [2.45, 2.75) is 80.6 Å². The first-order valence-corrected chi connectivity index (χ1v) is 18.0. The molecule has 4 aromatic carbocycles. The van der Waals surface area contributed by atoms with E-state index >= 15 is 0 Å². The Bertz CT molecular complexity index is 1900. The second-order valence-electron chi connectivity index (χ2n) is 14.0. The van der Waals surface area contributed by atoms with Gasteiger partial charge in [-0.3, -0.25) is 0 Å². The number of tetrazole rings is 2. The summed E-state index contributed by atoms with van der Waals surface area (Å²) >= 11 is 3.07. The third-order valence-electron chi connectivity index (χ3n) is 8.11. The molecule has 0 aliphatic rings. The summed E-state index contributed by atoms with van der Waals surface area (Å²) in [6, 6.07) is 27.8. The first-order valence-electron chi connectivity index (χ1n) is 16.0. The van der Waals surface area contributed by atoms with Crippen LogP contribution >= 0.6 is 23.5 Å². The van der Waals surface area contributed by atoms with E-state index in [1.54, 1.807) is 9.36 Å². The molecule has 2 heterocycles. The van der Waals surface area contributed by atoms with Gasteiger partial charge in [-0.05, 0) is 89.3 Å². The average molecular weight is 693 g/mol. The number of aromatic hydroxyl groups is 2. The van der Waals surface area contributed by atoms with Crippen LogP contribution in [0.3, 0.4) is 0 Å². The van der Waals surface area contributed by atoms with E-state index < -0.39 is 0 Å². The molecule has 6 aromatic rings. The maximum atomic E-state index is 11.7. The molecule has 49 heavy (non-hydrogen) atoms. The van der Waals surface area contributed by atoms with E-state index in [0.29, 0.717) is 28.2 Å². The first-order chi connectivity index (χ1) is 23.4. The van der Waals surface area contributed by atoms with Gasteiger partial charge in [-0.2, -0.15) is 9.36 Å². The summed E-state index contributed by atoms with van der Waals surface area (Å²) in [6.07, 6.45) is 0.352. The summed E-state index contributed by atoms with van der Waals surface area (Å²) in [7, 11) is 0. The van der Waals surface area contributed by atoms with Crippen LogP contribution in [0.4, 0.5) is 0 Å². The second kappa shape index (κ2) is 14.0. The number of rotatable bonds is 10. The van der Waals surface area contributed by atoms with E-state index in [-0.39, 0.29) is 22.3 Å². The summed E-state index contributed by atoms with van der Waals surface area (Å²) in [5, 5.41) is 49.4. The van der Waals surface area contributed by atoms with Crippen molar-refractivity contribution < 1.29 is 10.2 Å². The fourth-order valence-corrected chi connectivity index (χ4v) is 7.24. The van der Waals surface area contributed by atoms with E-state index in [4.69, 9.17) is 0 Å². The normalized spacial score (nSPS) is 12.0. The van der Waals surface area contributed by atoms with Crippen molar-refractivity contribution >= 4 is 23.5 Å². The number of hydrogen-bond acceptors (Lipinski definition) is 10. The lowest BCUT2D eigenvalue weighted by molar-refractivity contribution is 0.435. The van der Waals surface area contributed by atoms with Gasteiger partial charge in [0.2, 0.25) is 10.3 Å². The molecule has 0 amide bonds. The highest BCUT2D eigenvalue weighted by Crippen LogP contribution is 2.41. The number of benzene rings is 4. The van der Waals surface area contributed by atoms with E-state index in [1.807, 2.05) is 72.8 Å². The lowest BCUT2D eigenvalue weighted by atomic mass is 9.81. The summed E-state index contributed by atoms with van der Waals surface area (Å²) in [5.41, 5.74) is 6.39. The summed E-state index contributed by atoms with van der Waals surface area (Å²) < 4.78 is 3.45. The predicted molar refractivity (Wildman–Crippen MR) is 194 cm³/mol. The highest BCUT2D eigenvalue weighted by atomic mass is 32.2. The van der Waals surface area contributed by atoms with Gasteiger partial charge in [0.25, 0.3) is 0 Å². The Morgan fingerprint density at radius 1 is 0.571 bits per heavy atom. The molecule has 6 rings (SSSR count). The van der Waals surface area contributed by atoms with Crippen LogP contribution in [0, 0.1) is 0 Å². The standard InChI is InChI=1S/C37H40N8O2S2/c1-36(2,3)30-19-24(22-48-34-38-40-42-44(34)28-13-9-7-10-14-28)17-26(32(30)46)21-27-18-25(20-31(33(27)47)37(4,5)6)23-49-35-39-41-43-45(35)29-15-11-8-12-16-29/h7-20,46-47H,21-23H2,1-6H3. The lowest BCUT2D eigenvalue weighted by Gasteiger charge is -2.25. The lowest BCUT2D eigenvalue weighted by Crippen LogP contribution is -2.14. The predicted octanol–water partition coefficient (Wildman–Crippen LogP) is 7.82. The minimum Gasteiger partial charge on any atom is -0.507 e. The van der Waals surface area contributed by atoms with Crippen LogP contribution in [0.2, 0.25) is 0 Å². The number of hydrogen-bond donors (Lipinski definition) is 2.